The molecule has 0 fully saturated rings. The highest BCUT2D eigenvalue weighted by Gasteiger charge is 2.21. The summed E-state index contributed by atoms with van der Waals surface area (Å²) >= 11 is 0. The van der Waals surface area contributed by atoms with Gasteiger partial charge in [-0.05, 0) is 29.3 Å². The van der Waals surface area contributed by atoms with Crippen LogP contribution in [0.2, 0.25) is 0 Å². The summed E-state index contributed by atoms with van der Waals surface area (Å²) in [6.45, 7) is 0.397. The maximum Gasteiger partial charge on any atom is 0.244 e. The number of carbonyl (C=O) groups excluding carboxylic acids is 1. The van der Waals surface area contributed by atoms with Gasteiger partial charge >= 0.3 is 0 Å². The van der Waals surface area contributed by atoms with E-state index in [0.29, 0.717) is 19.4 Å². The number of carbonyl (C=O) groups is 1. The lowest BCUT2D eigenvalue weighted by Gasteiger charge is -2.08. The Bertz CT molecular complexity index is 770. The van der Waals surface area contributed by atoms with Crippen molar-refractivity contribution >= 4 is 17.7 Å². The number of nitrogens with zero attached hydrogens (tertiary/aromatic N) is 1. The number of nitrogens with one attached hydrogen (secondary N) is 1. The van der Waals surface area contributed by atoms with E-state index < -0.39 is 0 Å². The molecule has 25 heavy (non-hydrogen) atoms. The van der Waals surface area contributed by atoms with Crippen molar-refractivity contribution in [3.8, 4) is 0 Å². The second kappa shape index (κ2) is 8.24. The molecule has 128 valence electrons. The van der Waals surface area contributed by atoms with Crippen molar-refractivity contribution in [1.82, 2.24) is 5.32 Å². The quantitative estimate of drug-likeness (QED) is 0.821. The van der Waals surface area contributed by atoms with Crippen LogP contribution in [0, 0.1) is 5.82 Å². The predicted molar refractivity (Wildman–Crippen MR) is 95.5 cm³/mol. The minimum absolute atomic E-state index is 0.162. The van der Waals surface area contributed by atoms with Gasteiger partial charge in [0.05, 0.1) is 12.3 Å². The Kier molecular flexibility index (Phi) is 5.57. The first-order chi connectivity index (χ1) is 12.2. The molecule has 1 unspecified atom stereocenters. The molecule has 1 atom stereocenters. The summed E-state index contributed by atoms with van der Waals surface area (Å²) in [7, 11) is 0. The highest BCUT2D eigenvalue weighted by Crippen LogP contribution is 2.14. The van der Waals surface area contributed by atoms with Crippen molar-refractivity contribution in [2.24, 2.45) is 5.16 Å². The van der Waals surface area contributed by atoms with Crippen LogP contribution in [0.3, 0.4) is 0 Å². The molecule has 0 bridgehead atoms. The van der Waals surface area contributed by atoms with Crippen LogP contribution in [-0.4, -0.2) is 24.3 Å². The van der Waals surface area contributed by atoms with Gasteiger partial charge in [-0.1, -0.05) is 47.6 Å². The van der Waals surface area contributed by atoms with E-state index in [9.17, 15) is 9.18 Å². The molecule has 1 aliphatic rings. The van der Waals surface area contributed by atoms with E-state index in [1.165, 1.54) is 18.2 Å². The number of hydrogen-bond acceptors (Lipinski definition) is 3. The number of oxime groups is 1. The zero-order chi connectivity index (χ0) is 17.5. The molecule has 2 aromatic rings. The summed E-state index contributed by atoms with van der Waals surface area (Å²) in [6.07, 6.45) is 4.38. The highest BCUT2D eigenvalue weighted by atomic mass is 19.1. The van der Waals surface area contributed by atoms with Crippen LogP contribution in [0.4, 0.5) is 4.39 Å². The van der Waals surface area contributed by atoms with Gasteiger partial charge in [-0.2, -0.15) is 0 Å². The molecule has 1 N–H and O–H groups in total. The third-order valence-corrected chi connectivity index (χ3v) is 3.85. The Morgan fingerprint density at radius 3 is 2.72 bits per heavy atom. The molecule has 0 spiro atoms. The van der Waals surface area contributed by atoms with Crippen LogP contribution >= 0.6 is 0 Å². The Hall–Kier alpha value is -2.95. The van der Waals surface area contributed by atoms with Gasteiger partial charge in [-0.15, -0.1) is 0 Å². The molecule has 0 saturated heterocycles. The van der Waals surface area contributed by atoms with Gasteiger partial charge < -0.3 is 10.2 Å². The van der Waals surface area contributed by atoms with Gasteiger partial charge in [-0.25, -0.2) is 4.39 Å². The van der Waals surface area contributed by atoms with Crippen molar-refractivity contribution < 1.29 is 14.0 Å². The molecule has 0 saturated carbocycles. The minimum Gasteiger partial charge on any atom is -0.390 e. The van der Waals surface area contributed by atoms with Gasteiger partial charge in [0.25, 0.3) is 0 Å². The van der Waals surface area contributed by atoms with E-state index in [1.807, 2.05) is 30.3 Å². The molecule has 0 aromatic heterocycles. The smallest absolute Gasteiger partial charge is 0.244 e. The zero-order valence-corrected chi connectivity index (χ0v) is 13.7. The summed E-state index contributed by atoms with van der Waals surface area (Å²) in [5, 5.41) is 6.87. The maximum absolute atomic E-state index is 12.9. The van der Waals surface area contributed by atoms with E-state index in [-0.39, 0.29) is 17.8 Å². The van der Waals surface area contributed by atoms with Gasteiger partial charge in [0.1, 0.15) is 11.9 Å². The largest absolute Gasteiger partial charge is 0.390 e. The van der Waals surface area contributed by atoms with E-state index in [0.717, 1.165) is 16.8 Å². The van der Waals surface area contributed by atoms with Crippen molar-refractivity contribution in [2.45, 2.75) is 18.9 Å². The summed E-state index contributed by atoms with van der Waals surface area (Å²) in [5.41, 5.74) is 2.85. The van der Waals surface area contributed by atoms with Crippen LogP contribution in [0.25, 0.3) is 6.08 Å². The standard InChI is InChI=1S/C20H19FN2O2/c21-17-9-6-16(7-10-17)12-18-13-19(25-23-18)14-22-20(24)11-8-15-4-2-1-3-5-15/h1-11,19H,12-14H2,(H,22,24)/b11-8+. The second-order valence-corrected chi connectivity index (χ2v) is 5.88. The summed E-state index contributed by atoms with van der Waals surface area (Å²) in [6, 6.07) is 16.0. The molecule has 3 rings (SSSR count). The molecule has 1 heterocycles. The van der Waals surface area contributed by atoms with Crippen LogP contribution in [0.15, 0.2) is 65.8 Å². The Morgan fingerprint density at radius 1 is 1.20 bits per heavy atom. The highest BCUT2D eigenvalue weighted by molar-refractivity contribution is 5.92. The molecule has 0 aliphatic carbocycles. The molecular weight excluding hydrogens is 319 g/mol. The minimum atomic E-state index is -0.252. The SMILES string of the molecule is O=C(/C=C/c1ccccc1)NCC1CC(Cc2ccc(F)cc2)=NO1. The van der Waals surface area contributed by atoms with E-state index in [2.05, 4.69) is 10.5 Å². The summed E-state index contributed by atoms with van der Waals surface area (Å²) in [5.74, 6) is -0.419. The molecule has 5 heteroatoms. The van der Waals surface area contributed by atoms with Crippen LogP contribution < -0.4 is 5.32 Å². The number of hydrogen-bond donors (Lipinski definition) is 1. The Labute approximate surface area is 146 Å². The van der Waals surface area contributed by atoms with Gasteiger partial charge in [0.15, 0.2) is 0 Å². The number of rotatable bonds is 6. The van der Waals surface area contributed by atoms with Crippen molar-refractivity contribution in [3.05, 3.63) is 77.6 Å². The molecule has 0 radical (unpaired) electrons. The molecule has 1 amide bonds. The van der Waals surface area contributed by atoms with Crippen molar-refractivity contribution in [3.63, 3.8) is 0 Å². The first-order valence-corrected chi connectivity index (χ1v) is 8.16. The van der Waals surface area contributed by atoms with Gasteiger partial charge in [-0.3, -0.25) is 4.79 Å². The first-order valence-electron chi connectivity index (χ1n) is 8.16. The fraction of sp³-hybridized carbons (Fsp3) is 0.200. The second-order valence-electron chi connectivity index (χ2n) is 5.88. The lowest BCUT2D eigenvalue weighted by atomic mass is 10.0. The molecule has 1 aliphatic heterocycles. The Morgan fingerprint density at radius 2 is 1.96 bits per heavy atom. The van der Waals surface area contributed by atoms with Crippen LogP contribution in [-0.2, 0) is 16.1 Å². The fourth-order valence-corrected chi connectivity index (χ4v) is 2.55. The third kappa shape index (κ3) is 5.28. The van der Waals surface area contributed by atoms with E-state index in [1.54, 1.807) is 18.2 Å². The number of benzene rings is 2. The predicted octanol–water partition coefficient (Wildman–Crippen LogP) is 3.34. The Balaban J connectivity index is 1.41. The number of amides is 1. The van der Waals surface area contributed by atoms with Gasteiger partial charge in [0, 0.05) is 18.9 Å². The molecule has 2 aromatic carbocycles. The van der Waals surface area contributed by atoms with Crippen molar-refractivity contribution in [1.29, 1.82) is 0 Å². The first kappa shape index (κ1) is 16.9. The normalized spacial score (nSPS) is 16.5. The zero-order valence-electron chi connectivity index (χ0n) is 13.7. The average Bonchev–Trinajstić information content (AvgIpc) is 3.08. The fourth-order valence-electron chi connectivity index (χ4n) is 2.55. The molecular formula is C20H19FN2O2. The van der Waals surface area contributed by atoms with Crippen molar-refractivity contribution in [2.75, 3.05) is 6.54 Å². The van der Waals surface area contributed by atoms with Crippen LogP contribution in [0.5, 0.6) is 0 Å². The summed E-state index contributed by atoms with van der Waals surface area (Å²) in [4.78, 5) is 17.2. The number of halogens is 1. The van der Waals surface area contributed by atoms with E-state index >= 15 is 0 Å². The lowest BCUT2D eigenvalue weighted by Crippen LogP contribution is -2.31. The third-order valence-electron chi connectivity index (χ3n) is 3.85. The summed E-state index contributed by atoms with van der Waals surface area (Å²) < 4.78 is 12.9. The van der Waals surface area contributed by atoms with Crippen LogP contribution in [0.1, 0.15) is 17.5 Å². The topological polar surface area (TPSA) is 50.7 Å². The van der Waals surface area contributed by atoms with E-state index in [4.69, 9.17) is 4.84 Å². The lowest BCUT2D eigenvalue weighted by molar-refractivity contribution is -0.117. The molecule has 4 nitrogen and oxygen atoms in total. The monoisotopic (exact) mass is 338 g/mol. The maximum atomic E-state index is 12.9. The average molecular weight is 338 g/mol. The van der Waals surface area contributed by atoms with Gasteiger partial charge in [0.2, 0.25) is 5.91 Å².